The summed E-state index contributed by atoms with van der Waals surface area (Å²) in [6, 6.07) is -0.828. The minimum atomic E-state index is -2.37. The van der Waals surface area contributed by atoms with Crippen molar-refractivity contribution in [1.29, 1.82) is 0 Å². The predicted molar refractivity (Wildman–Crippen MR) is 65.9 cm³/mol. The van der Waals surface area contributed by atoms with E-state index >= 15 is 0 Å². The lowest BCUT2D eigenvalue weighted by Gasteiger charge is -2.30. The van der Waals surface area contributed by atoms with Gasteiger partial charge in [0.25, 0.3) is 6.43 Å². The first-order chi connectivity index (χ1) is 7.80. The van der Waals surface area contributed by atoms with Crippen molar-refractivity contribution in [2.24, 2.45) is 0 Å². The van der Waals surface area contributed by atoms with Gasteiger partial charge in [-0.15, -0.1) is 11.3 Å². The fraction of sp³-hybridized carbons (Fsp3) is 0.750. The van der Waals surface area contributed by atoms with E-state index in [1.807, 2.05) is 0 Å². The molecular weight excluding hydrogens is 242 g/mol. The smallest absolute Gasteiger partial charge is 0.259 e. The van der Waals surface area contributed by atoms with Gasteiger partial charge in [0, 0.05) is 16.8 Å². The molecule has 5 heteroatoms. The molecule has 0 spiro atoms. The second-order valence-electron chi connectivity index (χ2n) is 5.59. The Bertz CT molecular complexity index is 409. The van der Waals surface area contributed by atoms with Crippen LogP contribution in [-0.4, -0.2) is 29.9 Å². The number of hydrogen-bond donors (Lipinski definition) is 0. The van der Waals surface area contributed by atoms with Crippen molar-refractivity contribution < 1.29 is 8.78 Å². The Morgan fingerprint density at radius 3 is 2.59 bits per heavy atom. The van der Waals surface area contributed by atoms with Crippen molar-refractivity contribution >= 4 is 11.3 Å². The quantitative estimate of drug-likeness (QED) is 0.770. The number of halogens is 2. The minimum absolute atomic E-state index is 0.0623. The number of nitrogens with zero attached hydrogens (tertiary/aromatic N) is 2. The molecule has 2 rings (SSSR count). The van der Waals surface area contributed by atoms with E-state index in [9.17, 15) is 8.78 Å². The Morgan fingerprint density at radius 1 is 1.41 bits per heavy atom. The zero-order chi connectivity index (χ0) is 12.8. The van der Waals surface area contributed by atoms with Gasteiger partial charge in [0.2, 0.25) is 0 Å². The lowest BCUT2D eigenvalue weighted by molar-refractivity contribution is 0.0298. The summed E-state index contributed by atoms with van der Waals surface area (Å²) in [5.41, 5.74) is 0.538. The normalized spacial score (nSPS) is 21.9. The van der Waals surface area contributed by atoms with E-state index in [2.05, 4.69) is 25.8 Å². The summed E-state index contributed by atoms with van der Waals surface area (Å²) in [5.74, 6) is 0. The molecule has 0 bridgehead atoms. The molecule has 0 saturated heterocycles. The fourth-order valence-corrected chi connectivity index (χ4v) is 3.18. The highest BCUT2D eigenvalue weighted by Gasteiger charge is 2.36. The number of likely N-dealkylation sites (N-methyl/N-ethyl adjacent to an activating group) is 1. The molecule has 0 N–H and O–H groups in total. The summed E-state index contributed by atoms with van der Waals surface area (Å²) in [7, 11) is 1.75. The number of aromatic nitrogens is 1. The molecule has 1 unspecified atom stereocenters. The fourth-order valence-electron chi connectivity index (χ4n) is 2.03. The van der Waals surface area contributed by atoms with Crippen LogP contribution in [-0.2, 0) is 11.8 Å². The first-order valence-corrected chi connectivity index (χ1v) is 6.61. The van der Waals surface area contributed by atoms with E-state index in [4.69, 9.17) is 0 Å². The molecule has 0 radical (unpaired) electrons. The highest BCUT2D eigenvalue weighted by molar-refractivity contribution is 7.11. The van der Waals surface area contributed by atoms with Gasteiger partial charge in [0.1, 0.15) is 6.04 Å². The molecule has 0 aliphatic carbocycles. The molecule has 17 heavy (non-hydrogen) atoms. The van der Waals surface area contributed by atoms with Crippen molar-refractivity contribution in [2.75, 3.05) is 13.6 Å². The monoisotopic (exact) mass is 260 g/mol. The van der Waals surface area contributed by atoms with Crippen LogP contribution in [0.15, 0.2) is 0 Å². The van der Waals surface area contributed by atoms with E-state index in [1.165, 1.54) is 0 Å². The highest BCUT2D eigenvalue weighted by Crippen LogP contribution is 2.38. The van der Waals surface area contributed by atoms with E-state index in [0.717, 1.165) is 16.3 Å². The van der Waals surface area contributed by atoms with Gasteiger partial charge in [-0.1, -0.05) is 20.8 Å². The van der Waals surface area contributed by atoms with Gasteiger partial charge in [-0.2, -0.15) is 0 Å². The third-order valence-electron chi connectivity index (χ3n) is 3.05. The van der Waals surface area contributed by atoms with Crippen LogP contribution in [0.4, 0.5) is 8.78 Å². The second kappa shape index (κ2) is 4.28. The summed E-state index contributed by atoms with van der Waals surface area (Å²) in [4.78, 5) is 7.22. The average molecular weight is 260 g/mol. The number of fused-ring (bicyclic) bond motifs is 1. The Hall–Kier alpha value is -0.550. The average Bonchev–Trinajstić information content (AvgIpc) is 2.59. The van der Waals surface area contributed by atoms with Crippen molar-refractivity contribution in [3.63, 3.8) is 0 Å². The van der Waals surface area contributed by atoms with Crippen LogP contribution in [0.5, 0.6) is 0 Å². The van der Waals surface area contributed by atoms with Crippen molar-refractivity contribution in [3.8, 4) is 0 Å². The molecule has 1 atom stereocenters. The van der Waals surface area contributed by atoms with Gasteiger partial charge in [-0.3, -0.25) is 4.90 Å². The number of rotatable bonds is 1. The molecule has 1 aliphatic heterocycles. The van der Waals surface area contributed by atoms with E-state index in [0.29, 0.717) is 12.2 Å². The summed E-state index contributed by atoms with van der Waals surface area (Å²) >= 11 is 1.59. The van der Waals surface area contributed by atoms with Gasteiger partial charge in [-0.05, 0) is 13.5 Å². The third kappa shape index (κ3) is 2.36. The molecule has 2 nitrogen and oxygen atoms in total. The van der Waals surface area contributed by atoms with Crippen LogP contribution in [0, 0.1) is 0 Å². The SMILES string of the molecule is CN1CCc2sc(C(C)(C)C)nc2C1C(F)F. The largest absolute Gasteiger partial charge is 0.293 e. The van der Waals surface area contributed by atoms with E-state index in [1.54, 1.807) is 23.3 Å². The van der Waals surface area contributed by atoms with Crippen molar-refractivity contribution in [1.82, 2.24) is 9.88 Å². The predicted octanol–water partition coefficient (Wildman–Crippen LogP) is 3.23. The van der Waals surface area contributed by atoms with Crippen LogP contribution in [0.1, 0.15) is 42.4 Å². The maximum atomic E-state index is 13.1. The van der Waals surface area contributed by atoms with Crippen molar-refractivity contribution in [3.05, 3.63) is 15.6 Å². The summed E-state index contributed by atoms with van der Waals surface area (Å²) in [6.07, 6.45) is -1.53. The third-order valence-corrected chi connectivity index (χ3v) is 4.61. The van der Waals surface area contributed by atoms with Crippen LogP contribution in [0.25, 0.3) is 0 Å². The maximum Gasteiger partial charge on any atom is 0.259 e. The second-order valence-corrected chi connectivity index (χ2v) is 6.67. The summed E-state index contributed by atoms with van der Waals surface area (Å²) in [5, 5.41) is 0.962. The van der Waals surface area contributed by atoms with Crippen LogP contribution < -0.4 is 0 Å². The number of alkyl halides is 2. The Kier molecular flexibility index (Phi) is 3.25. The van der Waals surface area contributed by atoms with Crippen LogP contribution >= 0.6 is 11.3 Å². The zero-order valence-corrected chi connectivity index (χ0v) is 11.4. The molecule has 96 valence electrons. The summed E-state index contributed by atoms with van der Waals surface area (Å²) in [6.45, 7) is 6.89. The van der Waals surface area contributed by atoms with Gasteiger partial charge in [0.15, 0.2) is 0 Å². The Morgan fingerprint density at radius 2 is 2.06 bits per heavy atom. The molecule has 0 aromatic carbocycles. The molecule has 1 aromatic rings. The molecular formula is C12H18F2N2S. The Labute approximate surface area is 105 Å². The maximum absolute atomic E-state index is 13.1. The molecule has 2 heterocycles. The molecule has 1 aromatic heterocycles. The lowest BCUT2D eigenvalue weighted by Crippen LogP contribution is -2.36. The van der Waals surface area contributed by atoms with Gasteiger partial charge in [0.05, 0.1) is 10.7 Å². The summed E-state index contributed by atoms with van der Waals surface area (Å²) < 4.78 is 26.2. The van der Waals surface area contributed by atoms with E-state index < -0.39 is 12.5 Å². The Balaban J connectivity index is 2.43. The van der Waals surface area contributed by atoms with Crippen LogP contribution in [0.2, 0.25) is 0 Å². The molecule has 0 fully saturated rings. The lowest BCUT2D eigenvalue weighted by atomic mass is 9.98. The number of thiazole rings is 1. The first kappa shape index (κ1) is 12.9. The van der Waals surface area contributed by atoms with Crippen molar-refractivity contribution in [2.45, 2.75) is 45.1 Å². The highest BCUT2D eigenvalue weighted by atomic mass is 32.1. The topological polar surface area (TPSA) is 16.1 Å². The van der Waals surface area contributed by atoms with Gasteiger partial charge in [-0.25, -0.2) is 13.8 Å². The zero-order valence-electron chi connectivity index (χ0n) is 10.6. The van der Waals surface area contributed by atoms with Gasteiger partial charge >= 0.3 is 0 Å². The standard InChI is InChI=1S/C12H18F2N2S/c1-12(2,3)11-15-8-7(17-11)5-6-16(4)9(8)10(13)14/h9-10H,5-6H2,1-4H3. The number of hydrogen-bond acceptors (Lipinski definition) is 3. The molecule has 0 amide bonds. The van der Waals surface area contributed by atoms with Crippen LogP contribution in [0.3, 0.4) is 0 Å². The van der Waals surface area contributed by atoms with Gasteiger partial charge < -0.3 is 0 Å². The minimum Gasteiger partial charge on any atom is -0.293 e. The first-order valence-electron chi connectivity index (χ1n) is 5.79. The molecule has 1 aliphatic rings. The van der Waals surface area contributed by atoms with E-state index in [-0.39, 0.29) is 5.41 Å². The molecule has 0 saturated carbocycles.